The largest absolute Gasteiger partial charge is 0.466 e. The topological polar surface area (TPSA) is 150 Å². The number of benzene rings is 3. The van der Waals surface area contributed by atoms with Crippen LogP contribution >= 0.6 is 0 Å². The number of carbonyl (C=O) groups is 4. The summed E-state index contributed by atoms with van der Waals surface area (Å²) in [5, 5.41) is 16.3. The fraction of sp³-hybridized carbons (Fsp3) is 0.361. The smallest absolute Gasteiger partial charge is 0.413 e. The highest BCUT2D eigenvalue weighted by molar-refractivity contribution is 6.04. The molecule has 3 aromatic carbocycles. The Morgan fingerprint density at radius 1 is 0.915 bits per heavy atom. The third-order valence-corrected chi connectivity index (χ3v) is 8.10. The fourth-order valence-corrected chi connectivity index (χ4v) is 5.49. The van der Waals surface area contributed by atoms with E-state index in [9.17, 15) is 19.2 Å². The number of alkyl carbamates (subject to hydrolysis) is 1. The van der Waals surface area contributed by atoms with Crippen molar-refractivity contribution in [1.82, 2.24) is 20.9 Å². The van der Waals surface area contributed by atoms with E-state index in [4.69, 9.17) is 14.9 Å². The van der Waals surface area contributed by atoms with Crippen LogP contribution in [0.5, 0.6) is 0 Å². The molecular formula is C36H43N5O6. The Balaban J connectivity index is 1.26. The number of hydrogen-bond acceptors (Lipinski definition) is 8. The molecule has 3 atom stereocenters. The van der Waals surface area contributed by atoms with Gasteiger partial charge in [-0.3, -0.25) is 30.0 Å². The van der Waals surface area contributed by atoms with Gasteiger partial charge in [-0.25, -0.2) is 4.79 Å². The SMILES string of the molecule is CCOC(=O)CCN1CC[C@H](c2ccccc2)C[C@@H]1C(=O)N[C@@H](C)C(=O)NCc1ccc(C(=N)NC(=O)OCc2ccccc2)cc1. The summed E-state index contributed by atoms with van der Waals surface area (Å²) in [7, 11) is 0. The lowest BCUT2D eigenvalue weighted by Crippen LogP contribution is -2.55. The van der Waals surface area contributed by atoms with Gasteiger partial charge in [-0.1, -0.05) is 84.9 Å². The second-order valence-electron chi connectivity index (χ2n) is 11.4. The van der Waals surface area contributed by atoms with Gasteiger partial charge >= 0.3 is 12.1 Å². The summed E-state index contributed by atoms with van der Waals surface area (Å²) in [6.45, 7) is 5.07. The van der Waals surface area contributed by atoms with Crippen molar-refractivity contribution in [3.63, 3.8) is 0 Å². The van der Waals surface area contributed by atoms with E-state index in [1.54, 1.807) is 38.1 Å². The van der Waals surface area contributed by atoms with Gasteiger partial charge in [0.2, 0.25) is 11.8 Å². The first-order valence-corrected chi connectivity index (χ1v) is 15.9. The molecule has 0 saturated carbocycles. The molecule has 11 heteroatoms. The van der Waals surface area contributed by atoms with Gasteiger partial charge in [0.25, 0.3) is 0 Å². The Labute approximate surface area is 275 Å². The van der Waals surface area contributed by atoms with Crippen molar-refractivity contribution < 1.29 is 28.7 Å². The van der Waals surface area contributed by atoms with Gasteiger partial charge in [0, 0.05) is 18.7 Å². The number of rotatable bonds is 13. The first-order chi connectivity index (χ1) is 22.7. The van der Waals surface area contributed by atoms with Gasteiger partial charge in [0.15, 0.2) is 0 Å². The number of nitrogens with one attached hydrogen (secondary N) is 4. The molecule has 0 radical (unpaired) electrons. The van der Waals surface area contributed by atoms with Crippen LogP contribution in [0.3, 0.4) is 0 Å². The Hall–Kier alpha value is -5.03. The van der Waals surface area contributed by atoms with Gasteiger partial charge in [0.05, 0.1) is 19.1 Å². The van der Waals surface area contributed by atoms with Gasteiger partial charge < -0.3 is 20.1 Å². The summed E-state index contributed by atoms with van der Waals surface area (Å²) in [4.78, 5) is 52.6. The van der Waals surface area contributed by atoms with Crippen LogP contribution < -0.4 is 16.0 Å². The van der Waals surface area contributed by atoms with Crippen molar-refractivity contribution in [2.45, 2.75) is 64.3 Å². The molecule has 0 bridgehead atoms. The standard InChI is InChI=1S/C36H43N5O6/c1-3-46-32(42)19-21-41-20-18-30(28-12-8-5-9-13-28)22-31(41)35(44)39-25(2)34(43)38-23-26-14-16-29(17-15-26)33(37)40-36(45)47-24-27-10-6-4-7-11-27/h4-17,25,30-31H,3,18-24H2,1-2H3,(H,38,43)(H,39,44)(H2,37,40,45)/t25-,30-,31+/m0/s1. The minimum atomic E-state index is -0.787. The summed E-state index contributed by atoms with van der Waals surface area (Å²) >= 11 is 0. The molecule has 1 heterocycles. The molecule has 1 aliphatic rings. The van der Waals surface area contributed by atoms with E-state index in [0.717, 1.165) is 17.5 Å². The molecule has 248 valence electrons. The highest BCUT2D eigenvalue weighted by atomic mass is 16.5. The summed E-state index contributed by atoms with van der Waals surface area (Å²) in [5.41, 5.74) is 3.27. The number of hydrogen-bond donors (Lipinski definition) is 4. The predicted molar refractivity (Wildman–Crippen MR) is 178 cm³/mol. The second kappa shape index (κ2) is 17.6. The van der Waals surface area contributed by atoms with E-state index < -0.39 is 18.2 Å². The van der Waals surface area contributed by atoms with Crippen LogP contribution in [0, 0.1) is 5.41 Å². The molecule has 0 unspecified atom stereocenters. The normalized spacial score (nSPS) is 16.7. The van der Waals surface area contributed by atoms with Crippen LogP contribution in [-0.4, -0.2) is 66.4 Å². The molecule has 1 fully saturated rings. The van der Waals surface area contributed by atoms with E-state index in [1.165, 1.54) is 5.56 Å². The van der Waals surface area contributed by atoms with E-state index in [-0.39, 0.29) is 49.1 Å². The molecular weight excluding hydrogens is 598 g/mol. The molecule has 0 aliphatic carbocycles. The molecule has 0 aromatic heterocycles. The number of piperidine rings is 1. The van der Waals surface area contributed by atoms with Crippen molar-refractivity contribution in [1.29, 1.82) is 5.41 Å². The average Bonchev–Trinajstić information content (AvgIpc) is 3.09. The highest BCUT2D eigenvalue weighted by Crippen LogP contribution is 2.32. The van der Waals surface area contributed by atoms with Crippen LogP contribution in [0.2, 0.25) is 0 Å². The number of amidine groups is 1. The Bertz CT molecular complexity index is 1500. The zero-order valence-corrected chi connectivity index (χ0v) is 26.9. The predicted octanol–water partition coefficient (Wildman–Crippen LogP) is 4.26. The Morgan fingerprint density at radius 2 is 1.60 bits per heavy atom. The lowest BCUT2D eigenvalue weighted by Gasteiger charge is -2.39. The third kappa shape index (κ3) is 10.8. The molecule has 1 saturated heterocycles. The molecule has 47 heavy (non-hydrogen) atoms. The summed E-state index contributed by atoms with van der Waals surface area (Å²) in [5.74, 6) is -0.814. The van der Waals surface area contributed by atoms with Crippen LogP contribution in [0.4, 0.5) is 4.79 Å². The average molecular weight is 642 g/mol. The maximum absolute atomic E-state index is 13.5. The van der Waals surface area contributed by atoms with Crippen molar-refractivity contribution >= 4 is 29.7 Å². The van der Waals surface area contributed by atoms with Crippen LogP contribution in [0.25, 0.3) is 0 Å². The zero-order valence-electron chi connectivity index (χ0n) is 26.9. The summed E-state index contributed by atoms with van der Waals surface area (Å²) in [6, 6.07) is 24.9. The quantitative estimate of drug-likeness (QED) is 0.124. The van der Waals surface area contributed by atoms with Gasteiger partial charge in [0.1, 0.15) is 18.5 Å². The van der Waals surface area contributed by atoms with Gasteiger partial charge in [-0.05, 0) is 55.8 Å². The zero-order chi connectivity index (χ0) is 33.6. The summed E-state index contributed by atoms with van der Waals surface area (Å²) < 4.78 is 10.3. The number of ether oxygens (including phenoxy) is 2. The number of amides is 3. The van der Waals surface area contributed by atoms with E-state index >= 15 is 0 Å². The first-order valence-electron chi connectivity index (χ1n) is 15.9. The number of likely N-dealkylation sites (tertiary alicyclic amines) is 1. The second-order valence-corrected chi connectivity index (χ2v) is 11.4. The maximum Gasteiger partial charge on any atom is 0.413 e. The van der Waals surface area contributed by atoms with Crippen molar-refractivity contribution in [3.8, 4) is 0 Å². The minimum absolute atomic E-state index is 0.0973. The van der Waals surface area contributed by atoms with Crippen LogP contribution in [-0.2, 0) is 37.0 Å². The van der Waals surface area contributed by atoms with E-state index in [1.807, 2.05) is 53.4 Å². The number of nitrogens with zero attached hydrogens (tertiary/aromatic N) is 1. The minimum Gasteiger partial charge on any atom is -0.466 e. The lowest BCUT2D eigenvalue weighted by molar-refractivity contribution is -0.144. The van der Waals surface area contributed by atoms with Crippen LogP contribution in [0.1, 0.15) is 61.3 Å². The van der Waals surface area contributed by atoms with Crippen molar-refractivity contribution in [2.75, 3.05) is 19.7 Å². The van der Waals surface area contributed by atoms with Crippen molar-refractivity contribution in [3.05, 3.63) is 107 Å². The maximum atomic E-state index is 13.5. The van der Waals surface area contributed by atoms with E-state index in [2.05, 4.69) is 28.1 Å². The van der Waals surface area contributed by atoms with Gasteiger partial charge in [-0.15, -0.1) is 0 Å². The molecule has 3 aromatic rings. The molecule has 3 amide bonds. The number of carbonyl (C=O) groups excluding carboxylic acids is 4. The third-order valence-electron chi connectivity index (χ3n) is 8.10. The molecule has 4 N–H and O–H groups in total. The molecule has 4 rings (SSSR count). The first kappa shape index (κ1) is 34.8. The van der Waals surface area contributed by atoms with Gasteiger partial charge in [-0.2, -0.15) is 0 Å². The molecule has 1 aliphatic heterocycles. The van der Waals surface area contributed by atoms with E-state index in [0.29, 0.717) is 31.7 Å². The highest BCUT2D eigenvalue weighted by Gasteiger charge is 2.35. The monoisotopic (exact) mass is 641 g/mol. The van der Waals surface area contributed by atoms with Crippen LogP contribution in [0.15, 0.2) is 84.9 Å². The lowest BCUT2D eigenvalue weighted by atomic mass is 9.84. The Morgan fingerprint density at radius 3 is 2.28 bits per heavy atom. The summed E-state index contributed by atoms with van der Waals surface area (Å²) in [6.07, 6.45) is 0.904. The Kier molecular flexibility index (Phi) is 13.1. The van der Waals surface area contributed by atoms with Crippen molar-refractivity contribution in [2.24, 2.45) is 0 Å². The molecule has 11 nitrogen and oxygen atoms in total. The molecule has 0 spiro atoms. The fourth-order valence-electron chi connectivity index (χ4n) is 5.49. The number of esters is 1.